The van der Waals surface area contributed by atoms with Crippen molar-refractivity contribution in [2.24, 2.45) is 0 Å². The van der Waals surface area contributed by atoms with Crippen LogP contribution >= 0.6 is 0 Å². The van der Waals surface area contributed by atoms with E-state index in [0.29, 0.717) is 0 Å². The molecule has 300 valence electrons. The van der Waals surface area contributed by atoms with Crippen molar-refractivity contribution in [1.82, 2.24) is 4.57 Å². The molecule has 11 aromatic carbocycles. The Hall–Kier alpha value is -8.46. The number of rotatable bonds is 8. The van der Waals surface area contributed by atoms with Crippen LogP contribution in [0.5, 0.6) is 0 Å². The molecule has 1 aromatic heterocycles. The van der Waals surface area contributed by atoms with Crippen molar-refractivity contribution in [2.75, 3.05) is 4.90 Å². The molecule has 0 amide bonds. The third kappa shape index (κ3) is 6.70. The van der Waals surface area contributed by atoms with Crippen LogP contribution in [0.1, 0.15) is 0 Å². The predicted octanol–water partition coefficient (Wildman–Crippen LogP) is 17.2. The molecular formula is C62H42N2. The van der Waals surface area contributed by atoms with E-state index >= 15 is 0 Å². The summed E-state index contributed by atoms with van der Waals surface area (Å²) in [6, 6.07) is 92.6. The standard InChI is InChI=1S/C62H42N2/c1-2-15-53(16-3-1)64-61-20-9-8-18-59(61)60-42-52(33-40-62(60)64)47-31-38-56(39-32-47)63(55-36-29-46(30-37-55)51-26-23-43-11-4-5-13-50(43)41-51)54-34-27-45(28-35-54)44-21-24-49(25-22-44)58-19-10-14-48-12-6-7-17-57(48)58/h1-42H. The van der Waals surface area contributed by atoms with Gasteiger partial charge in [0.1, 0.15) is 0 Å². The molecule has 2 heteroatoms. The molecule has 0 radical (unpaired) electrons. The summed E-state index contributed by atoms with van der Waals surface area (Å²) in [7, 11) is 0. The number of benzene rings is 11. The molecule has 0 saturated heterocycles. The monoisotopic (exact) mass is 814 g/mol. The quantitative estimate of drug-likeness (QED) is 0.148. The number of para-hydroxylation sites is 2. The predicted molar refractivity (Wildman–Crippen MR) is 272 cm³/mol. The molecule has 1 heterocycles. The molecule has 0 unspecified atom stereocenters. The molecule has 2 nitrogen and oxygen atoms in total. The molecule has 0 atom stereocenters. The highest BCUT2D eigenvalue weighted by atomic mass is 15.1. The smallest absolute Gasteiger partial charge is 0.0541 e. The third-order valence-corrected chi connectivity index (χ3v) is 12.8. The second kappa shape index (κ2) is 15.8. The third-order valence-electron chi connectivity index (χ3n) is 12.8. The highest BCUT2D eigenvalue weighted by Crippen LogP contribution is 2.40. The van der Waals surface area contributed by atoms with Crippen LogP contribution in [0.3, 0.4) is 0 Å². The van der Waals surface area contributed by atoms with Crippen molar-refractivity contribution in [3.63, 3.8) is 0 Å². The highest BCUT2D eigenvalue weighted by molar-refractivity contribution is 6.10. The molecule has 0 fully saturated rings. The van der Waals surface area contributed by atoms with Gasteiger partial charge in [-0.15, -0.1) is 0 Å². The second-order valence-electron chi connectivity index (χ2n) is 16.6. The van der Waals surface area contributed by atoms with E-state index in [4.69, 9.17) is 0 Å². The van der Waals surface area contributed by atoms with E-state index in [2.05, 4.69) is 264 Å². The Morgan fingerprint density at radius 2 is 0.703 bits per heavy atom. The number of hydrogen-bond acceptors (Lipinski definition) is 1. The summed E-state index contributed by atoms with van der Waals surface area (Å²) in [6.45, 7) is 0. The van der Waals surface area contributed by atoms with E-state index in [0.717, 1.165) is 17.1 Å². The lowest BCUT2D eigenvalue weighted by Gasteiger charge is -2.26. The molecule has 0 aliphatic heterocycles. The van der Waals surface area contributed by atoms with Crippen LogP contribution in [0.4, 0.5) is 17.1 Å². The van der Waals surface area contributed by atoms with Crippen molar-refractivity contribution in [3.8, 4) is 50.2 Å². The zero-order valence-corrected chi connectivity index (χ0v) is 35.1. The van der Waals surface area contributed by atoms with Gasteiger partial charge in [0.25, 0.3) is 0 Å². The van der Waals surface area contributed by atoms with Crippen LogP contribution in [-0.4, -0.2) is 4.57 Å². The first-order chi connectivity index (χ1) is 31.7. The Balaban J connectivity index is 0.895. The first-order valence-electron chi connectivity index (χ1n) is 22.0. The molecule has 0 spiro atoms. The average Bonchev–Trinajstić information content (AvgIpc) is 3.71. The topological polar surface area (TPSA) is 8.17 Å². The van der Waals surface area contributed by atoms with Gasteiger partial charge in [0.2, 0.25) is 0 Å². The van der Waals surface area contributed by atoms with Crippen LogP contribution in [0.2, 0.25) is 0 Å². The number of fused-ring (bicyclic) bond motifs is 5. The first kappa shape index (κ1) is 37.3. The van der Waals surface area contributed by atoms with Gasteiger partial charge in [0, 0.05) is 33.5 Å². The molecule has 0 aliphatic rings. The Morgan fingerprint density at radius 1 is 0.250 bits per heavy atom. The molecule has 64 heavy (non-hydrogen) atoms. The maximum atomic E-state index is 2.37. The van der Waals surface area contributed by atoms with Gasteiger partial charge >= 0.3 is 0 Å². The summed E-state index contributed by atoms with van der Waals surface area (Å²) in [4.78, 5) is 2.36. The highest BCUT2D eigenvalue weighted by Gasteiger charge is 2.16. The van der Waals surface area contributed by atoms with Crippen LogP contribution in [0.15, 0.2) is 255 Å². The van der Waals surface area contributed by atoms with Gasteiger partial charge in [-0.25, -0.2) is 0 Å². The molecule has 0 N–H and O–H groups in total. The van der Waals surface area contributed by atoms with Crippen molar-refractivity contribution in [2.45, 2.75) is 0 Å². The zero-order chi connectivity index (χ0) is 42.4. The lowest BCUT2D eigenvalue weighted by atomic mass is 9.96. The van der Waals surface area contributed by atoms with Crippen LogP contribution < -0.4 is 4.90 Å². The van der Waals surface area contributed by atoms with E-state index in [1.54, 1.807) is 0 Å². The normalized spacial score (nSPS) is 11.4. The maximum absolute atomic E-state index is 2.37. The SMILES string of the molecule is c1ccc(-n2c3ccccc3c3cc(-c4ccc(N(c5ccc(-c6ccc(-c7cccc8ccccc78)cc6)cc5)c5ccc(-c6ccc7ccccc7c6)cc5)cc4)ccc32)cc1. The lowest BCUT2D eigenvalue weighted by Crippen LogP contribution is -2.09. The summed E-state index contributed by atoms with van der Waals surface area (Å²) in [5.41, 5.74) is 16.5. The Kier molecular flexibility index (Phi) is 9.20. The van der Waals surface area contributed by atoms with E-state index in [-0.39, 0.29) is 0 Å². The van der Waals surface area contributed by atoms with Crippen molar-refractivity contribution >= 4 is 60.4 Å². The minimum Gasteiger partial charge on any atom is -0.311 e. The minimum absolute atomic E-state index is 1.09. The summed E-state index contributed by atoms with van der Waals surface area (Å²) in [5.74, 6) is 0. The number of anilines is 3. The minimum atomic E-state index is 1.09. The van der Waals surface area contributed by atoms with E-state index in [1.807, 2.05) is 0 Å². The number of aromatic nitrogens is 1. The lowest BCUT2D eigenvalue weighted by molar-refractivity contribution is 1.18. The summed E-state index contributed by atoms with van der Waals surface area (Å²) in [5, 5.41) is 7.52. The first-order valence-corrected chi connectivity index (χ1v) is 22.0. The Morgan fingerprint density at radius 3 is 1.38 bits per heavy atom. The van der Waals surface area contributed by atoms with Gasteiger partial charge in [-0.3, -0.25) is 0 Å². The van der Waals surface area contributed by atoms with Crippen molar-refractivity contribution < 1.29 is 0 Å². The zero-order valence-electron chi connectivity index (χ0n) is 35.1. The molecule has 0 saturated carbocycles. The molecule has 0 bridgehead atoms. The van der Waals surface area contributed by atoms with E-state index in [1.165, 1.54) is 93.5 Å². The summed E-state index contributed by atoms with van der Waals surface area (Å²) in [6.07, 6.45) is 0. The number of nitrogens with zero attached hydrogens (tertiary/aromatic N) is 2. The van der Waals surface area contributed by atoms with Gasteiger partial charge < -0.3 is 9.47 Å². The average molecular weight is 815 g/mol. The molecular weight excluding hydrogens is 773 g/mol. The second-order valence-corrected chi connectivity index (χ2v) is 16.6. The fourth-order valence-corrected chi connectivity index (χ4v) is 9.55. The van der Waals surface area contributed by atoms with E-state index in [9.17, 15) is 0 Å². The van der Waals surface area contributed by atoms with Gasteiger partial charge in [-0.2, -0.15) is 0 Å². The molecule has 0 aliphatic carbocycles. The number of hydrogen-bond donors (Lipinski definition) is 0. The van der Waals surface area contributed by atoms with Crippen molar-refractivity contribution in [3.05, 3.63) is 255 Å². The van der Waals surface area contributed by atoms with Gasteiger partial charge in [0.15, 0.2) is 0 Å². The van der Waals surface area contributed by atoms with Crippen LogP contribution in [-0.2, 0) is 0 Å². The largest absolute Gasteiger partial charge is 0.311 e. The van der Waals surface area contributed by atoms with Crippen molar-refractivity contribution in [1.29, 1.82) is 0 Å². The van der Waals surface area contributed by atoms with Crippen LogP contribution in [0.25, 0.3) is 93.5 Å². The fourth-order valence-electron chi connectivity index (χ4n) is 9.55. The van der Waals surface area contributed by atoms with E-state index < -0.39 is 0 Å². The maximum Gasteiger partial charge on any atom is 0.0541 e. The molecule has 12 rings (SSSR count). The molecule has 12 aromatic rings. The Bertz CT molecular complexity index is 3620. The Labute approximate surface area is 373 Å². The fraction of sp³-hybridized carbons (Fsp3) is 0. The summed E-state index contributed by atoms with van der Waals surface area (Å²) >= 11 is 0. The summed E-state index contributed by atoms with van der Waals surface area (Å²) < 4.78 is 2.37. The van der Waals surface area contributed by atoms with Crippen LogP contribution in [0, 0.1) is 0 Å². The van der Waals surface area contributed by atoms with Gasteiger partial charge in [-0.1, -0.05) is 182 Å². The van der Waals surface area contributed by atoms with Gasteiger partial charge in [-0.05, 0) is 139 Å². The van der Waals surface area contributed by atoms with Gasteiger partial charge in [0.05, 0.1) is 11.0 Å².